The number of carbonyl (C=O) groups excluding carboxylic acids is 1. The summed E-state index contributed by atoms with van der Waals surface area (Å²) in [6.45, 7) is 0. The molecule has 0 fully saturated rings. The van der Waals surface area contributed by atoms with Gasteiger partial charge < -0.3 is 15.8 Å². The number of methoxy groups -OCH3 is 1. The van der Waals surface area contributed by atoms with Crippen LogP contribution in [0.15, 0.2) is 12.1 Å². The molecule has 1 aromatic rings. The summed E-state index contributed by atoms with van der Waals surface area (Å²) in [7, 11) is 1.17. The number of hydrogen-bond donors (Lipinski definition) is 2. The molecular formula is C10H10F2N2O2S. The van der Waals surface area contributed by atoms with Gasteiger partial charge in [0.05, 0.1) is 19.2 Å². The molecule has 3 N–H and O–H groups in total. The third-order valence-electron chi connectivity index (χ3n) is 1.98. The second-order valence-electron chi connectivity index (χ2n) is 3.14. The number of ether oxygens (including phenoxy) is 1. The van der Waals surface area contributed by atoms with Crippen LogP contribution >= 0.6 is 12.2 Å². The summed E-state index contributed by atoms with van der Waals surface area (Å²) in [5, 5.41) is 2.11. The van der Waals surface area contributed by atoms with Gasteiger partial charge in [0.25, 0.3) is 0 Å². The van der Waals surface area contributed by atoms with Gasteiger partial charge in [0.2, 0.25) is 0 Å². The van der Waals surface area contributed by atoms with E-state index in [4.69, 9.17) is 5.73 Å². The van der Waals surface area contributed by atoms with Crippen LogP contribution in [0, 0.1) is 11.6 Å². The molecule has 7 heteroatoms. The highest BCUT2D eigenvalue weighted by Crippen LogP contribution is 2.21. The van der Waals surface area contributed by atoms with E-state index in [1.165, 1.54) is 19.2 Å². The van der Waals surface area contributed by atoms with Crippen LogP contribution in [0.4, 0.5) is 14.5 Å². The van der Waals surface area contributed by atoms with Gasteiger partial charge in [-0.3, -0.25) is 4.79 Å². The van der Waals surface area contributed by atoms with Crippen LogP contribution in [0.2, 0.25) is 0 Å². The van der Waals surface area contributed by atoms with Gasteiger partial charge in [-0.25, -0.2) is 8.78 Å². The molecule has 4 nitrogen and oxygen atoms in total. The minimum Gasteiger partial charge on any atom is -0.469 e. The summed E-state index contributed by atoms with van der Waals surface area (Å²) >= 11 is 4.51. The van der Waals surface area contributed by atoms with Crippen LogP contribution in [-0.4, -0.2) is 18.2 Å². The molecule has 0 saturated carbocycles. The zero-order chi connectivity index (χ0) is 13.0. The number of halogens is 2. The quantitative estimate of drug-likeness (QED) is 0.634. The molecule has 0 aromatic heterocycles. The van der Waals surface area contributed by atoms with Crippen molar-refractivity contribution in [2.45, 2.75) is 6.42 Å². The minimum atomic E-state index is -1.14. The van der Waals surface area contributed by atoms with E-state index >= 15 is 0 Å². The molecular weight excluding hydrogens is 250 g/mol. The maximum Gasteiger partial charge on any atom is 0.310 e. The Bertz CT molecular complexity index is 466. The average molecular weight is 260 g/mol. The normalized spacial score (nSPS) is 9.82. The van der Waals surface area contributed by atoms with Crippen LogP contribution in [0.5, 0.6) is 0 Å². The Hall–Kier alpha value is -1.76. The van der Waals surface area contributed by atoms with Crippen molar-refractivity contribution < 1.29 is 18.3 Å². The molecule has 0 saturated heterocycles. The van der Waals surface area contributed by atoms with Gasteiger partial charge in [0.1, 0.15) is 0 Å². The minimum absolute atomic E-state index is 0.0946. The van der Waals surface area contributed by atoms with Gasteiger partial charge in [0, 0.05) is 5.56 Å². The first-order valence-electron chi connectivity index (χ1n) is 4.56. The highest BCUT2D eigenvalue weighted by atomic mass is 32.1. The zero-order valence-corrected chi connectivity index (χ0v) is 9.74. The van der Waals surface area contributed by atoms with Crippen molar-refractivity contribution in [3.8, 4) is 0 Å². The summed E-state index contributed by atoms with van der Waals surface area (Å²) in [5.74, 6) is -2.92. The lowest BCUT2D eigenvalue weighted by Gasteiger charge is -2.08. The summed E-state index contributed by atoms with van der Waals surface area (Å²) in [6.07, 6.45) is -0.341. The summed E-state index contributed by atoms with van der Waals surface area (Å²) in [5.41, 5.74) is 4.87. The average Bonchev–Trinajstić information content (AvgIpc) is 2.28. The predicted molar refractivity (Wildman–Crippen MR) is 62.5 cm³/mol. The Morgan fingerprint density at radius 2 is 2.12 bits per heavy atom. The lowest BCUT2D eigenvalue weighted by molar-refractivity contribution is -0.139. The molecule has 0 radical (unpaired) electrons. The van der Waals surface area contributed by atoms with Gasteiger partial charge in [-0.15, -0.1) is 0 Å². The van der Waals surface area contributed by atoms with Gasteiger partial charge in [-0.2, -0.15) is 0 Å². The van der Waals surface area contributed by atoms with Crippen molar-refractivity contribution in [1.82, 2.24) is 0 Å². The van der Waals surface area contributed by atoms with Crippen LogP contribution in [0.3, 0.4) is 0 Å². The van der Waals surface area contributed by atoms with E-state index in [9.17, 15) is 13.6 Å². The number of benzene rings is 1. The zero-order valence-electron chi connectivity index (χ0n) is 8.92. The third-order valence-corrected chi connectivity index (χ3v) is 2.08. The Kier molecular flexibility index (Phi) is 4.33. The summed E-state index contributed by atoms with van der Waals surface area (Å²) in [6, 6.07) is 2.51. The summed E-state index contributed by atoms with van der Waals surface area (Å²) < 4.78 is 31.3. The van der Waals surface area contributed by atoms with E-state index < -0.39 is 17.6 Å². The molecule has 1 aromatic carbocycles. The standard InChI is InChI=1S/C10H10F2N2O2S/c1-16-7(15)4-5-2-3-6(14-10(13)17)9(12)8(5)11/h2-3H,4H2,1H3,(H3,13,14,17). The van der Waals surface area contributed by atoms with Gasteiger partial charge in [0.15, 0.2) is 16.7 Å². The first kappa shape index (κ1) is 13.3. The third kappa shape index (κ3) is 3.35. The largest absolute Gasteiger partial charge is 0.469 e. The topological polar surface area (TPSA) is 64.3 Å². The second-order valence-corrected chi connectivity index (χ2v) is 3.58. The van der Waals surface area contributed by atoms with E-state index in [1.54, 1.807) is 0 Å². The van der Waals surface area contributed by atoms with Crippen molar-refractivity contribution in [2.75, 3.05) is 12.4 Å². The van der Waals surface area contributed by atoms with Crippen LogP contribution in [-0.2, 0) is 16.0 Å². The Labute approximate surface area is 102 Å². The highest BCUT2D eigenvalue weighted by Gasteiger charge is 2.16. The van der Waals surface area contributed by atoms with Gasteiger partial charge >= 0.3 is 5.97 Å². The van der Waals surface area contributed by atoms with Crippen molar-refractivity contribution in [3.05, 3.63) is 29.3 Å². The Balaban J connectivity index is 3.01. The maximum atomic E-state index is 13.5. The first-order valence-corrected chi connectivity index (χ1v) is 4.96. The van der Waals surface area contributed by atoms with Crippen LogP contribution in [0.25, 0.3) is 0 Å². The molecule has 17 heavy (non-hydrogen) atoms. The monoisotopic (exact) mass is 260 g/mol. The number of rotatable bonds is 3. The number of nitrogens with two attached hydrogens (primary N) is 1. The fourth-order valence-corrected chi connectivity index (χ4v) is 1.29. The first-order chi connectivity index (χ1) is 7.95. The SMILES string of the molecule is COC(=O)Cc1ccc(NC(N)=S)c(F)c1F. The molecule has 0 bridgehead atoms. The molecule has 0 aliphatic carbocycles. The number of hydrogen-bond acceptors (Lipinski definition) is 3. The van der Waals surface area contributed by atoms with E-state index in [0.29, 0.717) is 0 Å². The number of anilines is 1. The van der Waals surface area contributed by atoms with E-state index in [0.717, 1.165) is 0 Å². The molecule has 92 valence electrons. The van der Waals surface area contributed by atoms with Gasteiger partial charge in [-0.1, -0.05) is 6.07 Å². The molecule has 0 aliphatic rings. The smallest absolute Gasteiger partial charge is 0.310 e. The number of esters is 1. The van der Waals surface area contributed by atoms with Crippen molar-refractivity contribution >= 4 is 29.0 Å². The lowest BCUT2D eigenvalue weighted by atomic mass is 10.1. The predicted octanol–water partition coefficient (Wildman–Crippen LogP) is 1.34. The van der Waals surface area contributed by atoms with Crippen molar-refractivity contribution in [3.63, 3.8) is 0 Å². The lowest BCUT2D eigenvalue weighted by Crippen LogP contribution is -2.20. The fourth-order valence-electron chi connectivity index (χ4n) is 1.18. The molecule has 0 spiro atoms. The molecule has 0 heterocycles. The molecule has 1 rings (SSSR count). The van der Waals surface area contributed by atoms with Crippen molar-refractivity contribution in [2.24, 2.45) is 5.73 Å². The molecule has 0 atom stereocenters. The number of thiocarbonyl (C=S) groups is 1. The number of carbonyl (C=O) groups is 1. The Morgan fingerprint density at radius 3 is 2.65 bits per heavy atom. The Morgan fingerprint density at radius 1 is 1.47 bits per heavy atom. The molecule has 0 aliphatic heterocycles. The number of nitrogens with one attached hydrogen (secondary N) is 1. The highest BCUT2D eigenvalue weighted by molar-refractivity contribution is 7.80. The van der Waals surface area contributed by atoms with Gasteiger partial charge in [-0.05, 0) is 18.3 Å². The molecule has 0 amide bonds. The molecule has 0 unspecified atom stereocenters. The fraction of sp³-hybridized carbons (Fsp3) is 0.200. The van der Waals surface area contributed by atoms with E-state index in [1.807, 2.05) is 0 Å². The second kappa shape index (κ2) is 5.53. The summed E-state index contributed by atoms with van der Waals surface area (Å²) in [4.78, 5) is 10.9. The van der Waals surface area contributed by atoms with Crippen LogP contribution < -0.4 is 11.1 Å². The van der Waals surface area contributed by atoms with Crippen molar-refractivity contribution in [1.29, 1.82) is 0 Å². The van der Waals surface area contributed by atoms with Crippen LogP contribution in [0.1, 0.15) is 5.56 Å². The van der Waals surface area contributed by atoms with E-state index in [2.05, 4.69) is 22.3 Å². The van der Waals surface area contributed by atoms with E-state index in [-0.39, 0.29) is 22.8 Å². The maximum absolute atomic E-state index is 13.5.